The standard InChI is InChI=1S/C18H11N3O2/c22-18(12-5-3-9-19-11-12)23-21-17-14-7-2-1-6-13(14)16-15(17)8-4-10-20-16/h1-11H. The van der Waals surface area contributed by atoms with Crippen molar-refractivity contribution in [3.05, 3.63) is 83.8 Å². The van der Waals surface area contributed by atoms with Crippen LogP contribution in [0.4, 0.5) is 0 Å². The van der Waals surface area contributed by atoms with E-state index in [1.54, 1.807) is 24.5 Å². The molecular weight excluding hydrogens is 290 g/mol. The number of oxime groups is 1. The van der Waals surface area contributed by atoms with Gasteiger partial charge in [0, 0.05) is 35.3 Å². The van der Waals surface area contributed by atoms with Crippen molar-refractivity contribution in [2.45, 2.75) is 0 Å². The summed E-state index contributed by atoms with van der Waals surface area (Å²) in [6.07, 6.45) is 4.78. The third-order valence-electron chi connectivity index (χ3n) is 3.62. The first-order valence-corrected chi connectivity index (χ1v) is 7.09. The molecule has 0 saturated heterocycles. The Hall–Kier alpha value is -3.34. The molecule has 1 aliphatic rings. The number of pyridine rings is 2. The molecule has 2 aromatic heterocycles. The molecule has 4 rings (SSSR count). The molecule has 0 radical (unpaired) electrons. The average molecular weight is 301 g/mol. The topological polar surface area (TPSA) is 64.4 Å². The van der Waals surface area contributed by atoms with Crippen molar-refractivity contribution >= 4 is 11.7 Å². The molecule has 0 bridgehead atoms. The molecule has 2 heterocycles. The predicted octanol–water partition coefficient (Wildman–Crippen LogP) is 3.07. The second-order valence-electron chi connectivity index (χ2n) is 5.01. The van der Waals surface area contributed by atoms with E-state index in [0.717, 1.165) is 22.4 Å². The molecule has 0 atom stereocenters. The zero-order valence-electron chi connectivity index (χ0n) is 12.0. The number of hydrogen-bond donors (Lipinski definition) is 0. The summed E-state index contributed by atoms with van der Waals surface area (Å²) in [5.41, 5.74) is 4.56. The number of rotatable bonds is 2. The Balaban J connectivity index is 1.73. The maximum Gasteiger partial charge on any atom is 0.367 e. The highest BCUT2D eigenvalue weighted by Gasteiger charge is 2.26. The molecule has 1 aliphatic carbocycles. The van der Waals surface area contributed by atoms with Gasteiger partial charge in [-0.25, -0.2) is 4.79 Å². The van der Waals surface area contributed by atoms with Crippen molar-refractivity contribution in [3.63, 3.8) is 0 Å². The van der Waals surface area contributed by atoms with E-state index in [9.17, 15) is 4.79 Å². The quantitative estimate of drug-likeness (QED) is 0.421. The van der Waals surface area contributed by atoms with Crippen LogP contribution in [0.25, 0.3) is 11.3 Å². The largest absolute Gasteiger partial charge is 0.367 e. The van der Waals surface area contributed by atoms with E-state index in [-0.39, 0.29) is 0 Å². The van der Waals surface area contributed by atoms with Crippen LogP contribution in [-0.4, -0.2) is 21.6 Å². The molecule has 0 aliphatic heterocycles. The summed E-state index contributed by atoms with van der Waals surface area (Å²) in [5.74, 6) is -0.541. The van der Waals surface area contributed by atoms with Crippen molar-refractivity contribution in [2.75, 3.05) is 0 Å². The van der Waals surface area contributed by atoms with Gasteiger partial charge in [0.1, 0.15) is 5.71 Å². The minimum absolute atomic E-state index is 0.356. The van der Waals surface area contributed by atoms with E-state index in [2.05, 4.69) is 15.1 Å². The summed E-state index contributed by atoms with van der Waals surface area (Å²) in [7, 11) is 0. The third kappa shape index (κ3) is 2.28. The zero-order valence-corrected chi connectivity index (χ0v) is 12.0. The summed E-state index contributed by atoms with van der Waals surface area (Å²) in [4.78, 5) is 25.5. The second kappa shape index (κ2) is 5.46. The smallest absolute Gasteiger partial charge is 0.312 e. The fourth-order valence-corrected chi connectivity index (χ4v) is 2.57. The highest BCUT2D eigenvalue weighted by atomic mass is 16.7. The first-order chi connectivity index (χ1) is 11.3. The van der Waals surface area contributed by atoms with Crippen molar-refractivity contribution in [3.8, 4) is 11.3 Å². The van der Waals surface area contributed by atoms with Gasteiger partial charge in [-0.15, -0.1) is 0 Å². The molecule has 110 valence electrons. The van der Waals surface area contributed by atoms with Crippen molar-refractivity contribution in [1.82, 2.24) is 9.97 Å². The molecule has 0 fully saturated rings. The molecule has 23 heavy (non-hydrogen) atoms. The first kappa shape index (κ1) is 13.3. The Morgan fingerprint density at radius 2 is 1.70 bits per heavy atom. The van der Waals surface area contributed by atoms with Gasteiger partial charge in [-0.3, -0.25) is 9.97 Å². The van der Waals surface area contributed by atoms with E-state index in [1.165, 1.54) is 6.20 Å². The van der Waals surface area contributed by atoms with Crippen LogP contribution in [0.15, 0.2) is 72.3 Å². The SMILES string of the molecule is O=C(ON=C1c2ccccc2-c2ncccc21)c1cccnc1. The van der Waals surface area contributed by atoms with Gasteiger partial charge in [0.05, 0.1) is 11.3 Å². The van der Waals surface area contributed by atoms with E-state index < -0.39 is 5.97 Å². The predicted molar refractivity (Wildman–Crippen MR) is 85.0 cm³/mol. The number of fused-ring (bicyclic) bond motifs is 3. The molecule has 3 aromatic rings. The number of hydrogen-bond acceptors (Lipinski definition) is 5. The molecule has 0 N–H and O–H groups in total. The normalized spacial score (nSPS) is 13.5. The molecule has 5 nitrogen and oxygen atoms in total. The maximum absolute atomic E-state index is 12.0. The van der Waals surface area contributed by atoms with Crippen molar-refractivity contribution in [1.29, 1.82) is 0 Å². The van der Waals surface area contributed by atoms with Gasteiger partial charge in [0.15, 0.2) is 0 Å². The minimum Gasteiger partial charge on any atom is -0.312 e. The van der Waals surface area contributed by atoms with Crippen molar-refractivity contribution in [2.24, 2.45) is 5.16 Å². The van der Waals surface area contributed by atoms with E-state index in [1.807, 2.05) is 36.4 Å². The zero-order chi connectivity index (χ0) is 15.6. The number of aromatic nitrogens is 2. The fourth-order valence-electron chi connectivity index (χ4n) is 2.57. The fraction of sp³-hybridized carbons (Fsp3) is 0. The number of benzene rings is 1. The van der Waals surface area contributed by atoms with E-state index in [4.69, 9.17) is 4.84 Å². The Bertz CT molecular complexity index is 873. The maximum atomic E-state index is 12.0. The van der Waals surface area contributed by atoms with E-state index >= 15 is 0 Å². The summed E-state index contributed by atoms with van der Waals surface area (Å²) in [6.45, 7) is 0. The van der Waals surface area contributed by atoms with Gasteiger partial charge in [-0.2, -0.15) is 0 Å². The number of carbonyl (C=O) groups excluding carboxylic acids is 1. The van der Waals surface area contributed by atoms with Gasteiger partial charge in [-0.05, 0) is 24.3 Å². The number of carbonyl (C=O) groups is 1. The second-order valence-corrected chi connectivity index (χ2v) is 5.01. The van der Waals surface area contributed by atoms with Crippen LogP contribution in [0.5, 0.6) is 0 Å². The Labute approximate surface area is 132 Å². The molecule has 1 aromatic carbocycles. The molecule has 5 heteroatoms. The third-order valence-corrected chi connectivity index (χ3v) is 3.62. The summed E-state index contributed by atoms with van der Waals surface area (Å²) >= 11 is 0. The minimum atomic E-state index is -0.541. The van der Waals surface area contributed by atoms with Crippen LogP contribution in [0.3, 0.4) is 0 Å². The first-order valence-electron chi connectivity index (χ1n) is 7.09. The van der Waals surface area contributed by atoms with Gasteiger partial charge in [0.25, 0.3) is 0 Å². The van der Waals surface area contributed by atoms with Crippen LogP contribution >= 0.6 is 0 Å². The number of nitrogens with zero attached hydrogens (tertiary/aromatic N) is 3. The van der Waals surface area contributed by atoms with Crippen LogP contribution in [0, 0.1) is 0 Å². The lowest BCUT2D eigenvalue weighted by Gasteiger charge is -2.01. The summed E-state index contributed by atoms with van der Waals surface area (Å²) < 4.78 is 0. The Kier molecular flexibility index (Phi) is 3.16. The Morgan fingerprint density at radius 3 is 2.52 bits per heavy atom. The Morgan fingerprint density at radius 1 is 0.913 bits per heavy atom. The van der Waals surface area contributed by atoms with Crippen LogP contribution in [0.1, 0.15) is 21.5 Å². The van der Waals surface area contributed by atoms with Crippen molar-refractivity contribution < 1.29 is 9.63 Å². The lowest BCUT2D eigenvalue weighted by atomic mass is 10.1. The molecule has 0 spiro atoms. The monoisotopic (exact) mass is 301 g/mol. The molecular formula is C18H11N3O2. The summed E-state index contributed by atoms with van der Waals surface area (Å²) in [6, 6.07) is 14.8. The van der Waals surface area contributed by atoms with E-state index in [0.29, 0.717) is 11.3 Å². The van der Waals surface area contributed by atoms with Crippen LogP contribution in [-0.2, 0) is 4.84 Å². The van der Waals surface area contributed by atoms with Crippen LogP contribution < -0.4 is 0 Å². The van der Waals surface area contributed by atoms with Gasteiger partial charge >= 0.3 is 5.97 Å². The molecule has 0 unspecified atom stereocenters. The molecule has 0 saturated carbocycles. The van der Waals surface area contributed by atoms with Gasteiger partial charge < -0.3 is 4.84 Å². The average Bonchev–Trinajstić information content (AvgIpc) is 2.94. The highest BCUT2D eigenvalue weighted by molar-refractivity contribution is 6.23. The van der Waals surface area contributed by atoms with Gasteiger partial charge in [0.2, 0.25) is 0 Å². The lowest BCUT2D eigenvalue weighted by Crippen LogP contribution is -2.05. The van der Waals surface area contributed by atoms with Crippen LogP contribution in [0.2, 0.25) is 0 Å². The summed E-state index contributed by atoms with van der Waals surface area (Å²) in [5, 5.41) is 4.08. The highest BCUT2D eigenvalue weighted by Crippen LogP contribution is 2.34. The van der Waals surface area contributed by atoms with Gasteiger partial charge in [-0.1, -0.05) is 29.4 Å². The molecule has 0 amide bonds. The lowest BCUT2D eigenvalue weighted by molar-refractivity contribution is 0.0516.